The summed E-state index contributed by atoms with van der Waals surface area (Å²) < 4.78 is 21.2. The second kappa shape index (κ2) is 8.75. The van der Waals surface area contributed by atoms with Crippen molar-refractivity contribution in [2.24, 2.45) is 0 Å². The number of ether oxygens (including phenoxy) is 3. The van der Waals surface area contributed by atoms with Crippen LogP contribution in [0.25, 0.3) is 22.1 Å². The van der Waals surface area contributed by atoms with E-state index < -0.39 is 5.63 Å². The Morgan fingerprint density at radius 1 is 0.871 bits per heavy atom. The predicted molar refractivity (Wildman–Crippen MR) is 117 cm³/mol. The average molecular weight is 416 g/mol. The van der Waals surface area contributed by atoms with Crippen molar-refractivity contribution in [1.29, 1.82) is 0 Å². The largest absolute Gasteiger partial charge is 0.497 e. The highest BCUT2D eigenvalue weighted by atomic mass is 16.5. The Morgan fingerprint density at radius 2 is 1.58 bits per heavy atom. The number of hydrogen-bond acceptors (Lipinski definition) is 6. The zero-order valence-corrected chi connectivity index (χ0v) is 17.1. The summed E-state index contributed by atoms with van der Waals surface area (Å²) in [6.45, 7) is 0.307. The van der Waals surface area contributed by atoms with Crippen molar-refractivity contribution in [1.82, 2.24) is 0 Å². The molecule has 0 atom stereocenters. The monoisotopic (exact) mass is 416 g/mol. The first-order valence-electron chi connectivity index (χ1n) is 9.60. The van der Waals surface area contributed by atoms with Gasteiger partial charge in [-0.3, -0.25) is 0 Å². The molecule has 0 amide bonds. The molecule has 4 aromatic rings. The Balaban J connectivity index is 1.53. The van der Waals surface area contributed by atoms with Crippen molar-refractivity contribution in [3.05, 3.63) is 94.3 Å². The Labute approximate surface area is 178 Å². The lowest BCUT2D eigenvalue weighted by molar-refractivity contribution is 0.0600. The van der Waals surface area contributed by atoms with Gasteiger partial charge >= 0.3 is 11.6 Å². The molecule has 0 saturated carbocycles. The minimum absolute atomic E-state index is 0.307. The van der Waals surface area contributed by atoms with E-state index >= 15 is 0 Å². The lowest BCUT2D eigenvalue weighted by atomic mass is 10.1. The van der Waals surface area contributed by atoms with Gasteiger partial charge in [0.1, 0.15) is 23.7 Å². The van der Waals surface area contributed by atoms with Gasteiger partial charge in [0.05, 0.1) is 25.3 Å². The fourth-order valence-electron chi connectivity index (χ4n) is 3.17. The van der Waals surface area contributed by atoms with E-state index in [4.69, 9.17) is 18.6 Å². The van der Waals surface area contributed by atoms with Crippen LogP contribution in [0.3, 0.4) is 0 Å². The SMILES string of the molecule is COC(=O)c1ccc(COc2ccc3cc(-c4ccc(OC)cc4)c(=O)oc3c2)cc1. The molecule has 6 nitrogen and oxygen atoms in total. The van der Waals surface area contributed by atoms with Crippen LogP contribution in [0.5, 0.6) is 11.5 Å². The number of carbonyl (C=O) groups excluding carboxylic acids is 1. The molecule has 1 heterocycles. The molecule has 6 heteroatoms. The zero-order chi connectivity index (χ0) is 21.8. The normalized spacial score (nSPS) is 10.6. The van der Waals surface area contributed by atoms with Crippen LogP contribution in [0.15, 0.2) is 82.0 Å². The lowest BCUT2D eigenvalue weighted by Crippen LogP contribution is -2.03. The van der Waals surface area contributed by atoms with Crippen LogP contribution in [0.2, 0.25) is 0 Å². The molecule has 0 bridgehead atoms. The molecule has 0 spiro atoms. The van der Waals surface area contributed by atoms with Crippen LogP contribution in [0, 0.1) is 0 Å². The van der Waals surface area contributed by atoms with Crippen LogP contribution in [0.1, 0.15) is 15.9 Å². The van der Waals surface area contributed by atoms with E-state index in [0.717, 1.165) is 22.3 Å². The smallest absolute Gasteiger partial charge is 0.344 e. The summed E-state index contributed by atoms with van der Waals surface area (Å²) in [5, 5.41) is 0.792. The number of methoxy groups -OCH3 is 2. The molecular formula is C25H20O6. The summed E-state index contributed by atoms with van der Waals surface area (Å²) in [7, 11) is 2.94. The summed E-state index contributed by atoms with van der Waals surface area (Å²) in [5.41, 5.74) is 2.63. The summed E-state index contributed by atoms with van der Waals surface area (Å²) in [6, 6.07) is 21.4. The summed E-state index contributed by atoms with van der Waals surface area (Å²) in [4.78, 5) is 24.0. The molecule has 0 radical (unpaired) electrons. The van der Waals surface area contributed by atoms with Gasteiger partial charge in [0.25, 0.3) is 0 Å². The van der Waals surface area contributed by atoms with Crippen molar-refractivity contribution in [3.63, 3.8) is 0 Å². The first-order chi connectivity index (χ1) is 15.1. The molecule has 0 aliphatic rings. The van der Waals surface area contributed by atoms with Gasteiger partial charge in [-0.2, -0.15) is 0 Å². The molecule has 0 fully saturated rings. The third-order valence-electron chi connectivity index (χ3n) is 4.89. The van der Waals surface area contributed by atoms with E-state index in [1.165, 1.54) is 7.11 Å². The summed E-state index contributed by atoms with van der Waals surface area (Å²) >= 11 is 0. The molecule has 1 aromatic heterocycles. The number of hydrogen-bond donors (Lipinski definition) is 0. The van der Waals surface area contributed by atoms with Gasteiger partial charge < -0.3 is 18.6 Å². The van der Waals surface area contributed by atoms with Crippen LogP contribution in [0.4, 0.5) is 0 Å². The Kier molecular flexibility index (Phi) is 5.71. The average Bonchev–Trinajstić information content (AvgIpc) is 2.82. The van der Waals surface area contributed by atoms with Gasteiger partial charge in [0, 0.05) is 11.5 Å². The van der Waals surface area contributed by atoms with Crippen molar-refractivity contribution < 1.29 is 23.4 Å². The highest BCUT2D eigenvalue weighted by molar-refractivity contribution is 5.89. The molecule has 3 aromatic carbocycles. The quantitative estimate of drug-likeness (QED) is 0.331. The minimum atomic E-state index is -0.423. The molecule has 0 saturated heterocycles. The second-order valence-corrected chi connectivity index (χ2v) is 6.85. The number of benzene rings is 3. The van der Waals surface area contributed by atoms with Crippen LogP contribution < -0.4 is 15.1 Å². The van der Waals surface area contributed by atoms with Crippen LogP contribution >= 0.6 is 0 Å². The zero-order valence-electron chi connectivity index (χ0n) is 17.1. The van der Waals surface area contributed by atoms with Gasteiger partial charge in [-0.15, -0.1) is 0 Å². The highest BCUT2D eigenvalue weighted by Crippen LogP contribution is 2.26. The van der Waals surface area contributed by atoms with E-state index in [9.17, 15) is 9.59 Å². The van der Waals surface area contributed by atoms with Gasteiger partial charge in [-0.1, -0.05) is 24.3 Å². The molecular weight excluding hydrogens is 396 g/mol. The predicted octanol–water partition coefficient (Wildman–Crippen LogP) is 4.83. The van der Waals surface area contributed by atoms with Crippen molar-refractivity contribution >= 4 is 16.9 Å². The molecule has 4 rings (SSSR count). The number of fused-ring (bicyclic) bond motifs is 1. The Bertz CT molecular complexity index is 1270. The lowest BCUT2D eigenvalue weighted by Gasteiger charge is -2.08. The Morgan fingerprint density at radius 3 is 2.26 bits per heavy atom. The fraction of sp³-hybridized carbons (Fsp3) is 0.120. The molecule has 156 valence electrons. The van der Waals surface area contributed by atoms with Crippen molar-refractivity contribution in [2.75, 3.05) is 14.2 Å². The van der Waals surface area contributed by atoms with E-state index in [1.807, 2.05) is 24.3 Å². The number of rotatable bonds is 6. The Hall–Kier alpha value is -4.06. The topological polar surface area (TPSA) is 75.0 Å². The van der Waals surface area contributed by atoms with Gasteiger partial charge in [0.15, 0.2) is 0 Å². The van der Waals surface area contributed by atoms with E-state index in [-0.39, 0.29) is 5.97 Å². The fourth-order valence-corrected chi connectivity index (χ4v) is 3.17. The molecule has 0 aliphatic heterocycles. The van der Waals surface area contributed by atoms with E-state index in [2.05, 4.69) is 0 Å². The molecule has 31 heavy (non-hydrogen) atoms. The first kappa shape index (κ1) is 20.2. The van der Waals surface area contributed by atoms with Crippen LogP contribution in [-0.4, -0.2) is 20.2 Å². The summed E-state index contributed by atoms with van der Waals surface area (Å²) in [6.07, 6.45) is 0. The van der Waals surface area contributed by atoms with E-state index in [0.29, 0.717) is 29.1 Å². The molecule has 0 N–H and O–H groups in total. The van der Waals surface area contributed by atoms with Crippen LogP contribution in [-0.2, 0) is 11.3 Å². The highest BCUT2D eigenvalue weighted by Gasteiger charge is 2.10. The first-order valence-corrected chi connectivity index (χ1v) is 9.60. The van der Waals surface area contributed by atoms with Gasteiger partial charge in [-0.25, -0.2) is 9.59 Å². The third-order valence-corrected chi connectivity index (χ3v) is 4.89. The second-order valence-electron chi connectivity index (χ2n) is 6.85. The number of esters is 1. The maximum atomic E-state index is 12.5. The van der Waals surface area contributed by atoms with Gasteiger partial charge in [-0.05, 0) is 53.6 Å². The number of carbonyl (C=O) groups is 1. The van der Waals surface area contributed by atoms with Crippen molar-refractivity contribution in [2.45, 2.75) is 6.61 Å². The van der Waals surface area contributed by atoms with E-state index in [1.54, 1.807) is 55.6 Å². The van der Waals surface area contributed by atoms with Gasteiger partial charge in [0.2, 0.25) is 0 Å². The standard InChI is InChI=1S/C25H20O6/c1-28-20-10-7-17(8-11-20)22-13-19-9-12-21(14-23(19)31-25(22)27)30-15-16-3-5-18(6-4-16)24(26)29-2/h3-14H,15H2,1-2H3. The minimum Gasteiger partial charge on any atom is -0.497 e. The maximum absolute atomic E-state index is 12.5. The molecule has 0 unspecified atom stereocenters. The van der Waals surface area contributed by atoms with Crippen molar-refractivity contribution in [3.8, 4) is 22.6 Å². The third kappa shape index (κ3) is 4.43. The molecule has 0 aliphatic carbocycles. The summed E-state index contributed by atoms with van der Waals surface area (Å²) in [5.74, 6) is 0.909. The maximum Gasteiger partial charge on any atom is 0.344 e.